The molecule has 0 saturated carbocycles. The van der Waals surface area contributed by atoms with Gasteiger partial charge in [0, 0.05) is 16.6 Å². The molecule has 0 aliphatic rings. The number of methoxy groups -OCH3 is 1. The number of aromatic nitrogens is 1. The third-order valence-corrected chi connectivity index (χ3v) is 4.44. The lowest BCUT2D eigenvalue weighted by Gasteiger charge is -1.95. The van der Waals surface area contributed by atoms with E-state index in [-0.39, 0.29) is 5.76 Å². The molecule has 6 heteroatoms. The molecule has 0 saturated heterocycles. The van der Waals surface area contributed by atoms with Crippen LogP contribution in [-0.4, -0.2) is 18.1 Å². The van der Waals surface area contributed by atoms with Crippen LogP contribution in [0, 0.1) is 13.8 Å². The Morgan fingerprint density at radius 3 is 2.94 bits per heavy atom. The Bertz CT molecular complexity index is 559. The van der Waals surface area contributed by atoms with Crippen LogP contribution in [0.5, 0.6) is 0 Å². The van der Waals surface area contributed by atoms with Crippen molar-refractivity contribution in [3.8, 4) is 0 Å². The topological polar surface area (TPSA) is 52.3 Å². The molecule has 2 aromatic rings. The van der Waals surface area contributed by atoms with Crippen molar-refractivity contribution in [2.24, 2.45) is 0 Å². The standard InChI is InChI=1S/C12H13NO3S2/c1-7-4-9(16-10(7)11(14)15-3)6-18-12-13-8(2)5-17-12/h4-5H,6H2,1-3H3. The molecule has 0 aromatic carbocycles. The van der Waals surface area contributed by atoms with E-state index in [1.165, 1.54) is 7.11 Å². The van der Waals surface area contributed by atoms with Crippen LogP contribution in [0.4, 0.5) is 0 Å². The molecule has 0 fully saturated rings. The second-order valence-electron chi connectivity index (χ2n) is 3.76. The number of hydrogen-bond acceptors (Lipinski definition) is 6. The summed E-state index contributed by atoms with van der Waals surface area (Å²) >= 11 is 3.21. The van der Waals surface area contributed by atoms with Crippen LogP contribution in [0.2, 0.25) is 0 Å². The van der Waals surface area contributed by atoms with E-state index in [1.807, 2.05) is 25.3 Å². The number of rotatable bonds is 4. The zero-order valence-corrected chi connectivity index (χ0v) is 12.0. The highest BCUT2D eigenvalue weighted by atomic mass is 32.2. The largest absolute Gasteiger partial charge is 0.463 e. The summed E-state index contributed by atoms with van der Waals surface area (Å²) in [5.41, 5.74) is 1.82. The van der Waals surface area contributed by atoms with E-state index < -0.39 is 5.97 Å². The minimum Gasteiger partial charge on any atom is -0.463 e. The number of nitrogens with zero attached hydrogens (tertiary/aromatic N) is 1. The fourth-order valence-corrected chi connectivity index (χ4v) is 3.18. The Morgan fingerprint density at radius 1 is 1.56 bits per heavy atom. The molecule has 0 N–H and O–H groups in total. The third kappa shape index (κ3) is 2.94. The number of esters is 1. The van der Waals surface area contributed by atoms with Crippen molar-refractivity contribution in [3.05, 3.63) is 34.2 Å². The zero-order chi connectivity index (χ0) is 13.1. The van der Waals surface area contributed by atoms with Crippen LogP contribution in [0.3, 0.4) is 0 Å². The normalized spacial score (nSPS) is 10.6. The molecule has 0 atom stereocenters. The van der Waals surface area contributed by atoms with Crippen LogP contribution >= 0.6 is 23.1 Å². The van der Waals surface area contributed by atoms with E-state index in [0.717, 1.165) is 21.4 Å². The summed E-state index contributed by atoms with van der Waals surface area (Å²) in [5.74, 6) is 1.26. The molecule has 18 heavy (non-hydrogen) atoms. The highest BCUT2D eigenvalue weighted by Crippen LogP contribution is 2.27. The Hall–Kier alpha value is -1.27. The molecule has 0 radical (unpaired) electrons. The summed E-state index contributed by atoms with van der Waals surface area (Å²) in [6.45, 7) is 3.80. The maximum Gasteiger partial charge on any atom is 0.374 e. The summed E-state index contributed by atoms with van der Waals surface area (Å²) in [5, 5.41) is 2.01. The van der Waals surface area contributed by atoms with E-state index in [2.05, 4.69) is 9.72 Å². The lowest BCUT2D eigenvalue weighted by Crippen LogP contribution is -2.00. The van der Waals surface area contributed by atoms with Crippen LogP contribution in [-0.2, 0) is 10.5 Å². The number of thiazole rings is 1. The summed E-state index contributed by atoms with van der Waals surface area (Å²) in [4.78, 5) is 15.7. The van der Waals surface area contributed by atoms with Gasteiger partial charge < -0.3 is 9.15 Å². The zero-order valence-electron chi connectivity index (χ0n) is 10.4. The van der Waals surface area contributed by atoms with Crippen molar-refractivity contribution in [1.82, 2.24) is 4.98 Å². The summed E-state index contributed by atoms with van der Waals surface area (Å²) < 4.78 is 11.1. The van der Waals surface area contributed by atoms with Crippen molar-refractivity contribution in [3.63, 3.8) is 0 Å². The maximum absolute atomic E-state index is 11.4. The molecule has 0 unspecified atom stereocenters. The molecular weight excluding hydrogens is 270 g/mol. The molecule has 2 aromatic heterocycles. The Balaban J connectivity index is 2.04. The third-order valence-electron chi connectivity index (χ3n) is 2.28. The predicted molar refractivity (Wildman–Crippen MR) is 71.2 cm³/mol. The van der Waals surface area contributed by atoms with E-state index in [1.54, 1.807) is 23.1 Å². The molecule has 0 spiro atoms. The second kappa shape index (κ2) is 5.58. The van der Waals surface area contributed by atoms with Gasteiger partial charge in [-0.2, -0.15) is 0 Å². The van der Waals surface area contributed by atoms with Gasteiger partial charge in [-0.1, -0.05) is 11.8 Å². The molecule has 0 bridgehead atoms. The first-order valence-electron chi connectivity index (χ1n) is 5.32. The molecule has 4 nitrogen and oxygen atoms in total. The quantitative estimate of drug-likeness (QED) is 0.635. The summed E-state index contributed by atoms with van der Waals surface area (Å²) in [6, 6.07) is 1.86. The molecular formula is C12H13NO3S2. The summed E-state index contributed by atoms with van der Waals surface area (Å²) in [7, 11) is 1.34. The Labute approximate surface area is 113 Å². The number of carbonyl (C=O) groups is 1. The van der Waals surface area contributed by atoms with Crippen LogP contribution in [0.15, 0.2) is 20.2 Å². The molecule has 96 valence electrons. The molecule has 0 aliphatic carbocycles. The number of aryl methyl sites for hydroxylation is 2. The van der Waals surface area contributed by atoms with Gasteiger partial charge >= 0.3 is 5.97 Å². The maximum atomic E-state index is 11.4. The van der Waals surface area contributed by atoms with Gasteiger partial charge in [0.05, 0.1) is 12.9 Å². The number of carbonyl (C=O) groups excluding carboxylic acids is 1. The van der Waals surface area contributed by atoms with Gasteiger partial charge in [-0.15, -0.1) is 11.3 Å². The monoisotopic (exact) mass is 283 g/mol. The first kappa shape index (κ1) is 13.2. The van der Waals surface area contributed by atoms with Crippen LogP contribution < -0.4 is 0 Å². The molecule has 0 aliphatic heterocycles. The average molecular weight is 283 g/mol. The summed E-state index contributed by atoms with van der Waals surface area (Å²) in [6.07, 6.45) is 0. The minimum atomic E-state index is -0.436. The smallest absolute Gasteiger partial charge is 0.374 e. The van der Waals surface area contributed by atoms with Gasteiger partial charge in [0.15, 0.2) is 4.34 Å². The van der Waals surface area contributed by atoms with Gasteiger partial charge in [-0.05, 0) is 19.9 Å². The van der Waals surface area contributed by atoms with E-state index >= 15 is 0 Å². The minimum absolute atomic E-state index is 0.281. The van der Waals surface area contributed by atoms with Gasteiger partial charge in [0.25, 0.3) is 0 Å². The fraction of sp³-hybridized carbons (Fsp3) is 0.333. The van der Waals surface area contributed by atoms with Crippen molar-refractivity contribution >= 4 is 29.1 Å². The molecule has 2 rings (SSSR count). The lowest BCUT2D eigenvalue weighted by atomic mass is 10.3. The predicted octanol–water partition coefficient (Wildman–Crippen LogP) is 3.43. The number of hydrogen-bond donors (Lipinski definition) is 0. The van der Waals surface area contributed by atoms with E-state index in [9.17, 15) is 4.79 Å². The van der Waals surface area contributed by atoms with Crippen molar-refractivity contribution < 1.29 is 13.9 Å². The van der Waals surface area contributed by atoms with E-state index in [0.29, 0.717) is 5.75 Å². The molecule has 2 heterocycles. The lowest BCUT2D eigenvalue weighted by molar-refractivity contribution is 0.0562. The highest BCUT2D eigenvalue weighted by molar-refractivity contribution is 8.00. The average Bonchev–Trinajstić information content (AvgIpc) is 2.92. The van der Waals surface area contributed by atoms with Gasteiger partial charge in [0.1, 0.15) is 5.76 Å². The second-order valence-corrected chi connectivity index (χ2v) is 5.84. The number of thioether (sulfide) groups is 1. The Kier molecular flexibility index (Phi) is 4.08. The van der Waals surface area contributed by atoms with E-state index in [4.69, 9.17) is 4.42 Å². The number of furan rings is 1. The van der Waals surface area contributed by atoms with Crippen molar-refractivity contribution in [2.75, 3.05) is 7.11 Å². The Morgan fingerprint density at radius 2 is 2.33 bits per heavy atom. The van der Waals surface area contributed by atoms with Crippen LogP contribution in [0.25, 0.3) is 0 Å². The fourth-order valence-electron chi connectivity index (χ4n) is 1.45. The highest BCUT2D eigenvalue weighted by Gasteiger charge is 2.16. The van der Waals surface area contributed by atoms with Crippen molar-refractivity contribution in [1.29, 1.82) is 0 Å². The van der Waals surface area contributed by atoms with Crippen LogP contribution in [0.1, 0.15) is 27.6 Å². The number of ether oxygens (including phenoxy) is 1. The van der Waals surface area contributed by atoms with Crippen molar-refractivity contribution in [2.45, 2.75) is 23.9 Å². The van der Waals surface area contributed by atoms with Gasteiger partial charge in [-0.25, -0.2) is 9.78 Å². The molecule has 0 amide bonds. The first-order chi connectivity index (χ1) is 8.60. The van der Waals surface area contributed by atoms with Gasteiger partial charge in [0.2, 0.25) is 5.76 Å². The first-order valence-corrected chi connectivity index (χ1v) is 7.19. The SMILES string of the molecule is COC(=O)c1oc(CSc2nc(C)cs2)cc1C. The van der Waals surface area contributed by atoms with Gasteiger partial charge in [-0.3, -0.25) is 0 Å².